The molecule has 2 aromatic rings. The molecule has 0 saturated carbocycles. The zero-order valence-electron chi connectivity index (χ0n) is 15.0. The van der Waals surface area contributed by atoms with Gasteiger partial charge in [0.1, 0.15) is 5.75 Å². The van der Waals surface area contributed by atoms with Crippen LogP contribution in [0.3, 0.4) is 0 Å². The molecule has 1 aliphatic rings. The summed E-state index contributed by atoms with van der Waals surface area (Å²) in [7, 11) is 1.63. The number of aryl methyl sites for hydroxylation is 2. The van der Waals surface area contributed by atoms with E-state index >= 15 is 0 Å². The van der Waals surface area contributed by atoms with Gasteiger partial charge in [-0.25, -0.2) is 0 Å². The number of rotatable bonds is 5. The molecule has 1 aromatic carbocycles. The number of ether oxygens (including phenoxy) is 1. The number of piperazine rings is 1. The summed E-state index contributed by atoms with van der Waals surface area (Å²) in [4.78, 5) is 28.1. The van der Waals surface area contributed by atoms with Gasteiger partial charge in [0, 0.05) is 39.5 Å². The number of amides is 2. The Morgan fingerprint density at radius 1 is 1.08 bits per heavy atom. The third kappa shape index (κ3) is 4.19. The maximum atomic E-state index is 12.4. The Morgan fingerprint density at radius 2 is 1.73 bits per heavy atom. The van der Waals surface area contributed by atoms with Gasteiger partial charge >= 0.3 is 11.8 Å². The SMILES string of the molecule is COc1ccc(CCC(=O)N2CCN(C(=O)c3nnc(C)o3)CC2)cc1. The second-order valence-corrected chi connectivity index (χ2v) is 6.15. The summed E-state index contributed by atoms with van der Waals surface area (Å²) in [6, 6.07) is 7.72. The first-order chi connectivity index (χ1) is 12.6. The number of hydrogen-bond acceptors (Lipinski definition) is 6. The van der Waals surface area contributed by atoms with Gasteiger partial charge in [0.15, 0.2) is 0 Å². The predicted octanol–water partition coefficient (Wildman–Crippen LogP) is 1.30. The highest BCUT2D eigenvalue weighted by molar-refractivity contribution is 5.89. The molecule has 0 bridgehead atoms. The van der Waals surface area contributed by atoms with Gasteiger partial charge in [-0.15, -0.1) is 10.2 Å². The summed E-state index contributed by atoms with van der Waals surface area (Å²) in [5, 5.41) is 7.43. The molecule has 0 spiro atoms. The molecule has 8 nitrogen and oxygen atoms in total. The van der Waals surface area contributed by atoms with E-state index in [1.54, 1.807) is 23.8 Å². The Kier molecular flexibility index (Phi) is 5.50. The quantitative estimate of drug-likeness (QED) is 0.800. The van der Waals surface area contributed by atoms with Crippen molar-refractivity contribution in [1.82, 2.24) is 20.0 Å². The van der Waals surface area contributed by atoms with Crippen LogP contribution in [-0.4, -0.2) is 65.1 Å². The second kappa shape index (κ2) is 7.99. The van der Waals surface area contributed by atoms with Crippen molar-refractivity contribution in [3.8, 4) is 5.75 Å². The Hall–Kier alpha value is -2.90. The van der Waals surface area contributed by atoms with Crippen LogP contribution in [0.25, 0.3) is 0 Å². The van der Waals surface area contributed by atoms with Gasteiger partial charge in [-0.2, -0.15) is 0 Å². The molecule has 2 amide bonds. The molecule has 0 radical (unpaired) electrons. The molecule has 1 aromatic heterocycles. The first kappa shape index (κ1) is 17.9. The maximum absolute atomic E-state index is 12.4. The third-order valence-electron chi connectivity index (χ3n) is 4.42. The van der Waals surface area contributed by atoms with E-state index in [0.717, 1.165) is 11.3 Å². The Labute approximate surface area is 151 Å². The fourth-order valence-electron chi connectivity index (χ4n) is 2.88. The number of carbonyl (C=O) groups excluding carboxylic acids is 2. The van der Waals surface area contributed by atoms with Crippen LogP contribution in [0.4, 0.5) is 0 Å². The normalized spacial score (nSPS) is 14.4. The highest BCUT2D eigenvalue weighted by Crippen LogP contribution is 2.14. The van der Waals surface area contributed by atoms with Crippen molar-refractivity contribution in [3.63, 3.8) is 0 Å². The summed E-state index contributed by atoms with van der Waals surface area (Å²) >= 11 is 0. The summed E-state index contributed by atoms with van der Waals surface area (Å²) in [5.41, 5.74) is 1.10. The van der Waals surface area contributed by atoms with E-state index in [4.69, 9.17) is 9.15 Å². The molecular formula is C18H22N4O4. The fraction of sp³-hybridized carbons (Fsp3) is 0.444. The van der Waals surface area contributed by atoms with Crippen LogP contribution in [0.1, 0.15) is 28.6 Å². The van der Waals surface area contributed by atoms with Gasteiger partial charge in [0.25, 0.3) is 0 Å². The number of hydrogen-bond donors (Lipinski definition) is 0. The van der Waals surface area contributed by atoms with Gasteiger partial charge in [-0.05, 0) is 24.1 Å². The number of methoxy groups -OCH3 is 1. The van der Waals surface area contributed by atoms with Gasteiger partial charge in [-0.3, -0.25) is 9.59 Å². The van der Waals surface area contributed by atoms with Gasteiger partial charge < -0.3 is 19.0 Å². The molecule has 138 valence electrons. The Balaban J connectivity index is 1.46. The molecule has 0 atom stereocenters. The molecule has 1 saturated heterocycles. The molecule has 2 heterocycles. The van der Waals surface area contributed by atoms with Crippen LogP contribution in [0.15, 0.2) is 28.7 Å². The van der Waals surface area contributed by atoms with Crippen molar-refractivity contribution >= 4 is 11.8 Å². The molecule has 26 heavy (non-hydrogen) atoms. The maximum Gasteiger partial charge on any atom is 0.311 e. The molecule has 1 aliphatic heterocycles. The van der Waals surface area contributed by atoms with E-state index in [1.807, 2.05) is 24.3 Å². The lowest BCUT2D eigenvalue weighted by Crippen LogP contribution is -2.50. The minimum atomic E-state index is -0.282. The molecule has 8 heteroatoms. The fourth-order valence-corrected chi connectivity index (χ4v) is 2.88. The van der Waals surface area contributed by atoms with Crippen LogP contribution in [-0.2, 0) is 11.2 Å². The van der Waals surface area contributed by atoms with E-state index in [-0.39, 0.29) is 17.7 Å². The van der Waals surface area contributed by atoms with Crippen molar-refractivity contribution < 1.29 is 18.7 Å². The van der Waals surface area contributed by atoms with Gasteiger partial charge in [0.2, 0.25) is 11.8 Å². The number of nitrogens with zero attached hydrogens (tertiary/aromatic N) is 4. The molecular weight excluding hydrogens is 336 g/mol. The van der Waals surface area contributed by atoms with E-state index in [0.29, 0.717) is 44.9 Å². The Morgan fingerprint density at radius 3 is 2.31 bits per heavy atom. The first-order valence-electron chi connectivity index (χ1n) is 8.57. The average Bonchev–Trinajstić information content (AvgIpc) is 3.12. The molecule has 3 rings (SSSR count). The summed E-state index contributed by atoms with van der Waals surface area (Å²) in [6.45, 7) is 3.60. The third-order valence-corrected chi connectivity index (χ3v) is 4.42. The van der Waals surface area contributed by atoms with Crippen molar-refractivity contribution in [2.45, 2.75) is 19.8 Å². The molecule has 1 fully saturated rings. The van der Waals surface area contributed by atoms with Gasteiger partial charge in [0.05, 0.1) is 7.11 Å². The smallest absolute Gasteiger partial charge is 0.311 e. The standard InChI is InChI=1S/C18H22N4O4/c1-13-19-20-17(26-13)18(24)22-11-9-21(10-12-22)16(23)8-5-14-3-6-15(25-2)7-4-14/h3-4,6-7H,5,8-12H2,1-2H3. The van der Waals surface area contributed by atoms with Crippen LogP contribution >= 0.6 is 0 Å². The van der Waals surface area contributed by atoms with Crippen LogP contribution in [0, 0.1) is 6.92 Å². The van der Waals surface area contributed by atoms with Crippen LogP contribution in [0.2, 0.25) is 0 Å². The van der Waals surface area contributed by atoms with E-state index < -0.39 is 0 Å². The van der Waals surface area contributed by atoms with Crippen LogP contribution < -0.4 is 4.74 Å². The molecule has 0 N–H and O–H groups in total. The minimum Gasteiger partial charge on any atom is -0.497 e. The number of benzene rings is 1. The minimum absolute atomic E-state index is 0.00165. The lowest BCUT2D eigenvalue weighted by molar-refractivity contribution is -0.132. The van der Waals surface area contributed by atoms with Crippen molar-refractivity contribution in [1.29, 1.82) is 0 Å². The summed E-state index contributed by atoms with van der Waals surface area (Å²) < 4.78 is 10.3. The lowest BCUT2D eigenvalue weighted by Gasteiger charge is -2.34. The highest BCUT2D eigenvalue weighted by Gasteiger charge is 2.27. The highest BCUT2D eigenvalue weighted by atomic mass is 16.5. The second-order valence-electron chi connectivity index (χ2n) is 6.15. The lowest BCUT2D eigenvalue weighted by atomic mass is 10.1. The Bertz CT molecular complexity index is 764. The van der Waals surface area contributed by atoms with Crippen molar-refractivity contribution in [2.24, 2.45) is 0 Å². The van der Waals surface area contributed by atoms with E-state index in [1.165, 1.54) is 0 Å². The van der Waals surface area contributed by atoms with Gasteiger partial charge in [-0.1, -0.05) is 12.1 Å². The largest absolute Gasteiger partial charge is 0.497 e. The average molecular weight is 358 g/mol. The monoisotopic (exact) mass is 358 g/mol. The number of carbonyl (C=O) groups is 2. The molecule has 0 unspecified atom stereocenters. The molecule has 0 aliphatic carbocycles. The summed E-state index contributed by atoms with van der Waals surface area (Å²) in [5.74, 6) is 0.984. The van der Waals surface area contributed by atoms with Crippen molar-refractivity contribution in [2.75, 3.05) is 33.3 Å². The predicted molar refractivity (Wildman–Crippen MR) is 92.8 cm³/mol. The topological polar surface area (TPSA) is 88.8 Å². The zero-order chi connectivity index (χ0) is 18.5. The zero-order valence-corrected chi connectivity index (χ0v) is 15.0. The van der Waals surface area contributed by atoms with E-state index in [2.05, 4.69) is 10.2 Å². The van der Waals surface area contributed by atoms with E-state index in [9.17, 15) is 9.59 Å². The van der Waals surface area contributed by atoms with Crippen LogP contribution in [0.5, 0.6) is 5.75 Å². The number of aromatic nitrogens is 2. The first-order valence-corrected chi connectivity index (χ1v) is 8.57. The van der Waals surface area contributed by atoms with Crippen molar-refractivity contribution in [3.05, 3.63) is 41.6 Å². The summed E-state index contributed by atoms with van der Waals surface area (Å²) in [6.07, 6.45) is 1.13.